The normalized spacial score (nSPS) is 15.9. The molecule has 0 atom stereocenters. The number of thiophene rings is 1. The van der Waals surface area contributed by atoms with Crippen molar-refractivity contribution in [3.05, 3.63) is 84.5 Å². The highest BCUT2D eigenvalue weighted by atomic mass is 32.1. The van der Waals surface area contributed by atoms with Crippen molar-refractivity contribution in [2.45, 2.75) is 51.1 Å². The lowest BCUT2D eigenvalue weighted by Crippen LogP contribution is -2.44. The van der Waals surface area contributed by atoms with Crippen LogP contribution in [0.2, 0.25) is 0 Å². The van der Waals surface area contributed by atoms with Crippen LogP contribution >= 0.6 is 11.3 Å². The van der Waals surface area contributed by atoms with Crippen molar-refractivity contribution in [2.24, 2.45) is 5.92 Å². The van der Waals surface area contributed by atoms with Crippen molar-refractivity contribution >= 4 is 33.2 Å². The Bertz CT molecular complexity index is 1640. The monoisotopic (exact) mass is 598 g/mol. The number of piperidine rings is 1. The number of ketones is 1. The highest BCUT2D eigenvalue weighted by Gasteiger charge is 2.25. The quantitative estimate of drug-likeness (QED) is 0.177. The standard InChI is InChI=1S/C34H35FN4O3S/c1-3-33(41)38(2)25-11-14-39(15-12-25)21-24-6-8-28(37-20-24)32-19-29-34(43-32)31(10-13-36-29)42-30-9-7-23(18-27(30)35)17-26(40)16-22-4-5-22/h3,6-10,13,18-20,22,25H,1,4-5,11-12,14-17,21H2,2H3. The van der Waals surface area contributed by atoms with Crippen molar-refractivity contribution in [1.29, 1.82) is 0 Å². The van der Waals surface area contributed by atoms with Gasteiger partial charge >= 0.3 is 0 Å². The zero-order valence-electron chi connectivity index (χ0n) is 24.3. The summed E-state index contributed by atoms with van der Waals surface area (Å²) in [5.41, 5.74) is 3.40. The van der Waals surface area contributed by atoms with Crippen LogP contribution in [0, 0.1) is 11.7 Å². The number of pyridine rings is 2. The number of hydrogen-bond donors (Lipinski definition) is 0. The fraction of sp³-hybridized carbons (Fsp3) is 0.353. The number of aromatic nitrogens is 2. The van der Waals surface area contributed by atoms with Gasteiger partial charge in [-0.15, -0.1) is 11.3 Å². The molecule has 6 rings (SSSR count). The second kappa shape index (κ2) is 12.7. The van der Waals surface area contributed by atoms with Gasteiger partial charge in [-0.25, -0.2) is 4.39 Å². The van der Waals surface area contributed by atoms with Crippen LogP contribution in [0.5, 0.6) is 11.5 Å². The van der Waals surface area contributed by atoms with Gasteiger partial charge in [-0.1, -0.05) is 18.7 Å². The van der Waals surface area contributed by atoms with Crippen LogP contribution in [-0.4, -0.2) is 57.6 Å². The summed E-state index contributed by atoms with van der Waals surface area (Å²) in [6, 6.07) is 12.8. The molecule has 1 saturated heterocycles. The van der Waals surface area contributed by atoms with Crippen molar-refractivity contribution in [3.8, 4) is 22.1 Å². The second-order valence-corrected chi connectivity index (χ2v) is 12.6. The molecule has 4 aromatic rings. The first-order valence-corrected chi connectivity index (χ1v) is 15.6. The van der Waals surface area contributed by atoms with E-state index in [1.165, 1.54) is 23.5 Å². The van der Waals surface area contributed by atoms with E-state index in [0.717, 1.165) is 71.7 Å². The Morgan fingerprint density at radius 3 is 2.56 bits per heavy atom. The fourth-order valence-electron chi connectivity index (χ4n) is 5.63. The van der Waals surface area contributed by atoms with Gasteiger partial charge in [0, 0.05) is 64.0 Å². The van der Waals surface area contributed by atoms with Gasteiger partial charge in [0.2, 0.25) is 5.91 Å². The lowest BCUT2D eigenvalue weighted by Gasteiger charge is -2.36. The first-order chi connectivity index (χ1) is 20.9. The average molecular weight is 599 g/mol. The van der Waals surface area contributed by atoms with E-state index in [9.17, 15) is 14.0 Å². The molecule has 43 heavy (non-hydrogen) atoms. The molecule has 1 aliphatic carbocycles. The molecule has 2 fully saturated rings. The number of nitrogens with zero attached hydrogens (tertiary/aromatic N) is 4. The summed E-state index contributed by atoms with van der Waals surface area (Å²) in [7, 11) is 1.85. The summed E-state index contributed by atoms with van der Waals surface area (Å²) >= 11 is 1.51. The smallest absolute Gasteiger partial charge is 0.245 e. The molecule has 2 aliphatic rings. The number of carbonyl (C=O) groups excluding carboxylic acids is 2. The van der Waals surface area contributed by atoms with Crippen molar-refractivity contribution in [1.82, 2.24) is 19.8 Å². The Balaban J connectivity index is 1.09. The van der Waals surface area contributed by atoms with E-state index in [-0.39, 0.29) is 29.9 Å². The molecule has 0 radical (unpaired) electrons. The number of likely N-dealkylation sites (N-methyl/N-ethyl adjacent to an activating group) is 1. The first kappa shape index (κ1) is 29.1. The van der Waals surface area contributed by atoms with E-state index in [2.05, 4.69) is 22.5 Å². The maximum Gasteiger partial charge on any atom is 0.245 e. The highest BCUT2D eigenvalue weighted by molar-refractivity contribution is 7.22. The van der Waals surface area contributed by atoms with Crippen LogP contribution < -0.4 is 4.74 Å². The van der Waals surface area contributed by atoms with Crippen LogP contribution in [-0.2, 0) is 22.6 Å². The molecule has 0 spiro atoms. The van der Waals surface area contributed by atoms with Gasteiger partial charge in [-0.2, -0.15) is 0 Å². The Kier molecular flexibility index (Phi) is 8.63. The molecule has 1 amide bonds. The lowest BCUT2D eigenvalue weighted by atomic mass is 10.0. The van der Waals surface area contributed by atoms with Crippen LogP contribution in [0.3, 0.4) is 0 Å². The Labute approximate surface area is 255 Å². The molecule has 9 heteroatoms. The summed E-state index contributed by atoms with van der Waals surface area (Å²) in [4.78, 5) is 38.5. The minimum Gasteiger partial charge on any atom is -0.453 e. The van der Waals surface area contributed by atoms with Crippen LogP contribution in [0.15, 0.2) is 67.5 Å². The molecule has 1 saturated carbocycles. The summed E-state index contributed by atoms with van der Waals surface area (Å²) < 4.78 is 21.8. The maximum absolute atomic E-state index is 15.0. The van der Waals surface area contributed by atoms with E-state index >= 15 is 0 Å². The van der Waals surface area contributed by atoms with Gasteiger partial charge in [0.25, 0.3) is 0 Å². The molecule has 222 valence electrons. The van der Waals surface area contributed by atoms with Crippen LogP contribution in [0.25, 0.3) is 20.8 Å². The van der Waals surface area contributed by atoms with E-state index in [1.54, 1.807) is 29.3 Å². The minimum absolute atomic E-state index is 0.0254. The summed E-state index contributed by atoms with van der Waals surface area (Å²) in [5.74, 6) is 0.811. The van der Waals surface area contributed by atoms with Gasteiger partial charge in [-0.3, -0.25) is 24.5 Å². The number of carbonyl (C=O) groups is 2. The maximum atomic E-state index is 15.0. The number of ether oxygens (including phenoxy) is 1. The predicted octanol–water partition coefficient (Wildman–Crippen LogP) is 6.81. The van der Waals surface area contributed by atoms with Crippen molar-refractivity contribution in [2.75, 3.05) is 20.1 Å². The number of hydrogen-bond acceptors (Lipinski definition) is 7. The van der Waals surface area contributed by atoms with Crippen molar-refractivity contribution < 1.29 is 18.7 Å². The molecule has 4 heterocycles. The summed E-state index contributed by atoms with van der Waals surface area (Å²) in [6.07, 6.45) is 9.91. The molecule has 7 nitrogen and oxygen atoms in total. The SMILES string of the molecule is C=CC(=O)N(C)C1CCN(Cc2ccc(-c3cc4nccc(Oc5ccc(CC(=O)CC6CC6)cc5F)c4s3)nc2)CC1. The van der Waals surface area contributed by atoms with E-state index in [0.29, 0.717) is 23.7 Å². The fourth-order valence-corrected chi connectivity index (χ4v) is 6.67. The molecule has 0 bridgehead atoms. The number of benzene rings is 1. The zero-order valence-corrected chi connectivity index (χ0v) is 25.1. The molecule has 0 N–H and O–H groups in total. The second-order valence-electron chi connectivity index (χ2n) is 11.6. The van der Waals surface area contributed by atoms with Crippen LogP contribution in [0.1, 0.15) is 43.2 Å². The van der Waals surface area contributed by atoms with Crippen molar-refractivity contribution in [3.63, 3.8) is 0 Å². The van der Waals surface area contributed by atoms with E-state index in [1.807, 2.05) is 25.4 Å². The predicted molar refractivity (Wildman–Crippen MR) is 167 cm³/mol. The van der Waals surface area contributed by atoms with Gasteiger partial charge in [0.15, 0.2) is 11.6 Å². The largest absolute Gasteiger partial charge is 0.453 e. The minimum atomic E-state index is -0.489. The lowest BCUT2D eigenvalue weighted by molar-refractivity contribution is -0.127. The number of rotatable bonds is 11. The third-order valence-corrected chi connectivity index (χ3v) is 9.48. The van der Waals surface area contributed by atoms with Gasteiger partial charge in [-0.05, 0) is 73.1 Å². The van der Waals surface area contributed by atoms with Gasteiger partial charge in [0.05, 0.1) is 20.8 Å². The third-order valence-electron chi connectivity index (χ3n) is 8.32. The van der Waals surface area contributed by atoms with Crippen LogP contribution in [0.4, 0.5) is 4.39 Å². The zero-order chi connectivity index (χ0) is 29.9. The highest BCUT2D eigenvalue weighted by Crippen LogP contribution is 2.39. The van der Waals surface area contributed by atoms with E-state index < -0.39 is 5.82 Å². The molecule has 0 unspecified atom stereocenters. The Morgan fingerprint density at radius 2 is 1.86 bits per heavy atom. The Morgan fingerprint density at radius 1 is 1.07 bits per heavy atom. The molecular weight excluding hydrogens is 563 g/mol. The number of likely N-dealkylation sites (tertiary alicyclic amines) is 1. The summed E-state index contributed by atoms with van der Waals surface area (Å²) in [6.45, 7) is 6.25. The topological polar surface area (TPSA) is 75.6 Å². The number of halogens is 1. The van der Waals surface area contributed by atoms with E-state index in [4.69, 9.17) is 9.72 Å². The van der Waals surface area contributed by atoms with Gasteiger partial charge in [0.1, 0.15) is 11.5 Å². The molecular formula is C34H35FN4O3S. The molecule has 3 aromatic heterocycles. The average Bonchev–Trinajstić information content (AvgIpc) is 3.72. The first-order valence-electron chi connectivity index (χ1n) is 14.8. The summed E-state index contributed by atoms with van der Waals surface area (Å²) in [5, 5.41) is 0. The molecule has 1 aliphatic heterocycles. The number of fused-ring (bicyclic) bond motifs is 1. The number of Topliss-reactive ketones (excluding diaryl/α,β-unsaturated/α-hetero) is 1. The molecule has 1 aromatic carbocycles. The Hall–Kier alpha value is -3.95. The van der Waals surface area contributed by atoms with Gasteiger partial charge < -0.3 is 9.64 Å². The third kappa shape index (κ3) is 7.00. The number of amides is 1.